The van der Waals surface area contributed by atoms with Crippen molar-refractivity contribution in [1.82, 2.24) is 9.80 Å². The molecular weight excluding hydrogens is 338 g/mol. The third-order valence-corrected chi connectivity index (χ3v) is 5.24. The van der Waals surface area contributed by atoms with Crippen LogP contribution in [0.3, 0.4) is 0 Å². The summed E-state index contributed by atoms with van der Waals surface area (Å²) >= 11 is 0. The van der Waals surface area contributed by atoms with Crippen LogP contribution in [0.2, 0.25) is 0 Å². The van der Waals surface area contributed by atoms with Crippen molar-refractivity contribution in [1.29, 1.82) is 0 Å². The van der Waals surface area contributed by atoms with Crippen LogP contribution in [-0.4, -0.2) is 48.9 Å². The van der Waals surface area contributed by atoms with Gasteiger partial charge in [0.05, 0.1) is 0 Å². The van der Waals surface area contributed by atoms with Gasteiger partial charge in [-0.2, -0.15) is 0 Å². The number of fused-ring (bicyclic) bond motifs is 1. The van der Waals surface area contributed by atoms with E-state index >= 15 is 0 Å². The Balaban J connectivity index is 1.47. The van der Waals surface area contributed by atoms with E-state index in [-0.39, 0.29) is 5.91 Å². The molecule has 1 aliphatic heterocycles. The second-order valence-corrected chi connectivity index (χ2v) is 7.29. The highest BCUT2D eigenvalue weighted by Gasteiger charge is 2.18. The molecule has 0 bridgehead atoms. The third-order valence-electron chi connectivity index (χ3n) is 5.24. The molecule has 1 aliphatic rings. The van der Waals surface area contributed by atoms with Crippen molar-refractivity contribution < 1.29 is 9.21 Å². The molecule has 3 aromatic rings. The van der Waals surface area contributed by atoms with Gasteiger partial charge in [0.15, 0.2) is 5.76 Å². The Morgan fingerprint density at radius 3 is 2.63 bits per heavy atom. The summed E-state index contributed by atoms with van der Waals surface area (Å²) in [5, 5.41) is 3.96. The molecule has 1 N–H and O–H groups in total. The van der Waals surface area contributed by atoms with Crippen LogP contribution in [0.4, 0.5) is 5.69 Å². The monoisotopic (exact) mass is 363 g/mol. The SMILES string of the molecule is Cc1c(C(=O)Nc2cccc(CN3CCN(C)CC3)c2)oc2ccccc12. The van der Waals surface area contributed by atoms with E-state index in [1.807, 2.05) is 49.4 Å². The average Bonchev–Trinajstić information content (AvgIpc) is 3.01. The first kappa shape index (κ1) is 17.8. The Labute approximate surface area is 159 Å². The normalized spacial score (nSPS) is 15.9. The van der Waals surface area contributed by atoms with Gasteiger partial charge in [-0.25, -0.2) is 0 Å². The van der Waals surface area contributed by atoms with Crippen molar-refractivity contribution >= 4 is 22.6 Å². The highest BCUT2D eigenvalue weighted by Crippen LogP contribution is 2.25. The maximum atomic E-state index is 12.7. The summed E-state index contributed by atoms with van der Waals surface area (Å²) in [6, 6.07) is 15.8. The van der Waals surface area contributed by atoms with E-state index in [0.29, 0.717) is 5.76 Å². The maximum absolute atomic E-state index is 12.7. The first-order chi connectivity index (χ1) is 13.1. The van der Waals surface area contributed by atoms with Gasteiger partial charge in [-0.1, -0.05) is 30.3 Å². The van der Waals surface area contributed by atoms with Gasteiger partial charge in [-0.15, -0.1) is 0 Å². The molecule has 4 rings (SSSR count). The van der Waals surface area contributed by atoms with Gasteiger partial charge in [-0.05, 0) is 37.7 Å². The van der Waals surface area contributed by atoms with Crippen molar-refractivity contribution in [2.24, 2.45) is 0 Å². The lowest BCUT2D eigenvalue weighted by Gasteiger charge is -2.32. The number of amides is 1. The summed E-state index contributed by atoms with van der Waals surface area (Å²) in [6.45, 7) is 7.17. The number of para-hydroxylation sites is 1. The largest absolute Gasteiger partial charge is 0.451 e. The molecule has 0 unspecified atom stereocenters. The van der Waals surface area contributed by atoms with Crippen LogP contribution in [0.5, 0.6) is 0 Å². The number of rotatable bonds is 4. The van der Waals surface area contributed by atoms with Gasteiger partial charge in [0.2, 0.25) is 0 Å². The van der Waals surface area contributed by atoms with Crippen LogP contribution >= 0.6 is 0 Å². The first-order valence-corrected chi connectivity index (χ1v) is 9.39. The zero-order valence-corrected chi connectivity index (χ0v) is 15.9. The fraction of sp³-hybridized carbons (Fsp3) is 0.318. The Bertz CT molecular complexity index is 955. The number of furan rings is 1. The Kier molecular flexibility index (Phi) is 4.97. The van der Waals surface area contributed by atoms with E-state index in [4.69, 9.17) is 4.42 Å². The zero-order chi connectivity index (χ0) is 18.8. The number of piperazine rings is 1. The predicted molar refractivity (Wildman–Crippen MR) is 108 cm³/mol. The number of likely N-dealkylation sites (N-methyl/N-ethyl adjacent to an activating group) is 1. The van der Waals surface area contributed by atoms with Gasteiger partial charge in [0.25, 0.3) is 5.91 Å². The molecule has 5 nitrogen and oxygen atoms in total. The number of hydrogen-bond acceptors (Lipinski definition) is 4. The smallest absolute Gasteiger partial charge is 0.291 e. The van der Waals surface area contributed by atoms with E-state index in [9.17, 15) is 4.79 Å². The summed E-state index contributed by atoms with van der Waals surface area (Å²) in [5.41, 5.74) is 3.62. The lowest BCUT2D eigenvalue weighted by Crippen LogP contribution is -2.43. The summed E-state index contributed by atoms with van der Waals surface area (Å²) in [5.74, 6) is 0.168. The van der Waals surface area contributed by atoms with Gasteiger partial charge in [0, 0.05) is 49.4 Å². The fourth-order valence-electron chi connectivity index (χ4n) is 3.59. The molecular formula is C22H25N3O2. The molecule has 140 valence electrons. The topological polar surface area (TPSA) is 48.7 Å². The molecule has 1 saturated heterocycles. The molecule has 5 heteroatoms. The van der Waals surface area contributed by atoms with Crippen molar-refractivity contribution in [3.63, 3.8) is 0 Å². The number of anilines is 1. The molecule has 0 aliphatic carbocycles. The van der Waals surface area contributed by atoms with Crippen LogP contribution in [-0.2, 0) is 6.54 Å². The van der Waals surface area contributed by atoms with Crippen LogP contribution in [0, 0.1) is 6.92 Å². The zero-order valence-electron chi connectivity index (χ0n) is 15.9. The molecule has 0 radical (unpaired) electrons. The van der Waals surface area contributed by atoms with Crippen LogP contribution < -0.4 is 5.32 Å². The number of hydrogen-bond donors (Lipinski definition) is 1. The molecule has 1 aromatic heterocycles. The van der Waals surface area contributed by atoms with Gasteiger partial charge in [-0.3, -0.25) is 9.69 Å². The molecule has 2 aromatic carbocycles. The standard InChI is InChI=1S/C22H25N3O2/c1-16-19-8-3-4-9-20(19)27-21(16)22(26)23-18-7-5-6-17(14-18)15-25-12-10-24(2)11-13-25/h3-9,14H,10-13,15H2,1-2H3,(H,23,26). The van der Waals surface area contributed by atoms with Crippen LogP contribution in [0.15, 0.2) is 52.9 Å². The van der Waals surface area contributed by atoms with Crippen LogP contribution in [0.1, 0.15) is 21.7 Å². The number of carbonyl (C=O) groups is 1. The Hall–Kier alpha value is -2.63. The third kappa shape index (κ3) is 3.89. The number of benzene rings is 2. The number of carbonyl (C=O) groups excluding carboxylic acids is 1. The first-order valence-electron chi connectivity index (χ1n) is 9.39. The lowest BCUT2D eigenvalue weighted by molar-refractivity contribution is 0.0998. The highest BCUT2D eigenvalue weighted by atomic mass is 16.3. The van der Waals surface area contributed by atoms with E-state index in [2.05, 4.69) is 28.2 Å². The Morgan fingerprint density at radius 2 is 1.85 bits per heavy atom. The van der Waals surface area contributed by atoms with E-state index in [1.54, 1.807) is 0 Å². The van der Waals surface area contributed by atoms with Crippen molar-refractivity contribution in [3.8, 4) is 0 Å². The highest BCUT2D eigenvalue weighted by molar-refractivity contribution is 6.06. The van der Waals surface area contributed by atoms with Gasteiger partial charge >= 0.3 is 0 Å². The number of nitrogens with one attached hydrogen (secondary N) is 1. The predicted octanol–water partition coefficient (Wildman–Crippen LogP) is 3.74. The second-order valence-electron chi connectivity index (χ2n) is 7.29. The Morgan fingerprint density at radius 1 is 1.07 bits per heavy atom. The molecule has 2 heterocycles. The van der Waals surface area contributed by atoms with E-state index in [0.717, 1.165) is 54.9 Å². The number of aryl methyl sites for hydroxylation is 1. The minimum Gasteiger partial charge on any atom is -0.451 e. The molecule has 0 atom stereocenters. The van der Waals surface area contributed by atoms with Gasteiger partial charge < -0.3 is 14.6 Å². The average molecular weight is 363 g/mol. The van der Waals surface area contributed by atoms with Crippen molar-refractivity contribution in [2.75, 3.05) is 38.5 Å². The molecule has 1 amide bonds. The van der Waals surface area contributed by atoms with Crippen molar-refractivity contribution in [3.05, 3.63) is 65.4 Å². The lowest BCUT2D eigenvalue weighted by atomic mass is 10.1. The minimum atomic E-state index is -0.208. The van der Waals surface area contributed by atoms with E-state index < -0.39 is 0 Å². The van der Waals surface area contributed by atoms with Crippen LogP contribution in [0.25, 0.3) is 11.0 Å². The minimum absolute atomic E-state index is 0.208. The van der Waals surface area contributed by atoms with E-state index in [1.165, 1.54) is 5.56 Å². The molecule has 27 heavy (non-hydrogen) atoms. The summed E-state index contributed by atoms with van der Waals surface area (Å²) in [4.78, 5) is 17.5. The molecule has 0 saturated carbocycles. The summed E-state index contributed by atoms with van der Waals surface area (Å²) < 4.78 is 5.77. The van der Waals surface area contributed by atoms with Crippen molar-refractivity contribution in [2.45, 2.75) is 13.5 Å². The number of nitrogens with zero attached hydrogens (tertiary/aromatic N) is 2. The quantitative estimate of drug-likeness (QED) is 0.767. The molecule has 0 spiro atoms. The second kappa shape index (κ2) is 7.55. The summed E-state index contributed by atoms with van der Waals surface area (Å²) in [6.07, 6.45) is 0. The molecule has 1 fully saturated rings. The van der Waals surface area contributed by atoms with Gasteiger partial charge in [0.1, 0.15) is 5.58 Å². The fourth-order valence-corrected chi connectivity index (χ4v) is 3.59. The maximum Gasteiger partial charge on any atom is 0.291 e. The summed E-state index contributed by atoms with van der Waals surface area (Å²) in [7, 11) is 2.16.